The van der Waals surface area contributed by atoms with Gasteiger partial charge in [-0.3, -0.25) is 14.9 Å². The van der Waals surface area contributed by atoms with Crippen molar-refractivity contribution in [3.63, 3.8) is 0 Å². The molecule has 0 unspecified atom stereocenters. The molecule has 10 nitrogen and oxygen atoms in total. The van der Waals surface area contributed by atoms with Gasteiger partial charge in [0.2, 0.25) is 17.6 Å². The Balaban J connectivity index is 2.59. The van der Waals surface area contributed by atoms with E-state index in [1.54, 1.807) is 0 Å². The summed E-state index contributed by atoms with van der Waals surface area (Å²) in [5.74, 6) is -1.60. The maximum absolute atomic E-state index is 12.4. The third kappa shape index (κ3) is 3.21. The summed E-state index contributed by atoms with van der Waals surface area (Å²) in [6.07, 6.45) is 0.865. The van der Waals surface area contributed by atoms with Crippen molar-refractivity contribution < 1.29 is 23.2 Å². The van der Waals surface area contributed by atoms with E-state index in [1.807, 2.05) is 0 Å². The third-order valence-electron chi connectivity index (χ3n) is 2.57. The van der Waals surface area contributed by atoms with Gasteiger partial charge in [-0.05, 0) is 0 Å². The van der Waals surface area contributed by atoms with Crippen molar-refractivity contribution in [2.45, 2.75) is 13.5 Å². The van der Waals surface area contributed by atoms with Crippen LogP contribution < -0.4 is 10.1 Å². The molecule has 0 aliphatic carbocycles. The molecule has 0 bridgehead atoms. The van der Waals surface area contributed by atoms with Crippen LogP contribution in [0.25, 0.3) is 5.82 Å². The molecule has 0 radical (unpaired) electrons. The van der Waals surface area contributed by atoms with Gasteiger partial charge < -0.3 is 10.1 Å². The van der Waals surface area contributed by atoms with Crippen LogP contribution in [0.1, 0.15) is 6.92 Å². The number of hydrogen-bond acceptors (Lipinski definition) is 6. The number of carbonyl (C=O) groups excluding carboxylic acids is 1. The number of aryl methyl sites for hydroxylation is 1. The highest BCUT2D eigenvalue weighted by Crippen LogP contribution is 2.35. The highest BCUT2D eigenvalue weighted by molar-refractivity contribution is 6.33. The van der Waals surface area contributed by atoms with Gasteiger partial charge in [0.1, 0.15) is 11.2 Å². The van der Waals surface area contributed by atoms with Crippen molar-refractivity contribution >= 4 is 29.0 Å². The van der Waals surface area contributed by atoms with E-state index >= 15 is 0 Å². The minimum Gasteiger partial charge on any atom is -0.415 e. The van der Waals surface area contributed by atoms with Crippen LogP contribution in [0.2, 0.25) is 5.02 Å². The fraction of sp³-hybridized carbons (Fsp3) is 0.300. The second kappa shape index (κ2) is 6.16. The monoisotopic (exact) mass is 350 g/mol. The second-order valence-electron chi connectivity index (χ2n) is 4.17. The maximum Gasteiger partial charge on any atom is 0.388 e. The highest BCUT2D eigenvalue weighted by atomic mass is 35.5. The lowest BCUT2D eigenvalue weighted by Gasteiger charge is -2.05. The molecule has 0 aliphatic heterocycles. The molecule has 2 aromatic heterocycles. The molecule has 0 saturated carbocycles. The fourth-order valence-corrected chi connectivity index (χ4v) is 2.02. The molecule has 0 saturated heterocycles. The Labute approximate surface area is 131 Å². The molecule has 0 fully saturated rings. The van der Waals surface area contributed by atoms with Crippen LogP contribution in [0, 0.1) is 10.1 Å². The van der Waals surface area contributed by atoms with Crippen molar-refractivity contribution in [3.05, 3.63) is 21.3 Å². The second-order valence-corrected chi connectivity index (χ2v) is 4.55. The SMILES string of the molecule is CC(=O)Nc1c([N+](=O)[O-])cnn1-c1nn(C)c(OC(F)F)c1Cl. The standard InChI is InChI=1S/C10H9ClF2N6O4/c1-4(20)15-7-5(19(21)22)3-14-18(7)8-6(11)9(17(2)16-8)23-10(12)13/h3,10H,1-2H3,(H,15,20). The van der Waals surface area contributed by atoms with Crippen molar-refractivity contribution in [1.82, 2.24) is 19.6 Å². The number of alkyl halides is 2. The van der Waals surface area contributed by atoms with Crippen LogP contribution in [0.3, 0.4) is 0 Å². The molecule has 2 aromatic rings. The van der Waals surface area contributed by atoms with Gasteiger partial charge >= 0.3 is 12.3 Å². The number of ether oxygens (including phenoxy) is 1. The number of nitrogens with zero attached hydrogens (tertiary/aromatic N) is 5. The van der Waals surface area contributed by atoms with Gasteiger partial charge in [-0.15, -0.1) is 5.10 Å². The lowest BCUT2D eigenvalue weighted by Crippen LogP contribution is -2.13. The lowest BCUT2D eigenvalue weighted by molar-refractivity contribution is -0.384. The Hall–Kier alpha value is -2.76. The Kier molecular flexibility index (Phi) is 4.45. The van der Waals surface area contributed by atoms with Crippen LogP contribution in [0.5, 0.6) is 5.88 Å². The number of nitrogens with one attached hydrogen (secondary N) is 1. The molecule has 1 amide bonds. The summed E-state index contributed by atoms with van der Waals surface area (Å²) in [5, 5.41) is 20.4. The Bertz CT molecular complexity index is 774. The average molecular weight is 351 g/mol. The van der Waals surface area contributed by atoms with E-state index in [0.717, 1.165) is 22.5 Å². The quantitative estimate of drug-likeness (QED) is 0.648. The molecular formula is C10H9ClF2N6O4. The van der Waals surface area contributed by atoms with Crippen LogP contribution in [-0.2, 0) is 11.8 Å². The third-order valence-corrected chi connectivity index (χ3v) is 2.90. The summed E-state index contributed by atoms with van der Waals surface area (Å²) >= 11 is 5.92. The normalized spacial score (nSPS) is 10.9. The highest BCUT2D eigenvalue weighted by Gasteiger charge is 2.28. The number of nitro groups is 1. The summed E-state index contributed by atoms with van der Waals surface area (Å²) in [5.41, 5.74) is -0.516. The van der Waals surface area contributed by atoms with Crippen molar-refractivity contribution in [1.29, 1.82) is 0 Å². The van der Waals surface area contributed by atoms with Crippen molar-refractivity contribution in [2.75, 3.05) is 5.32 Å². The van der Waals surface area contributed by atoms with Crippen LogP contribution in [0.15, 0.2) is 6.20 Å². The van der Waals surface area contributed by atoms with E-state index in [1.165, 1.54) is 7.05 Å². The van der Waals surface area contributed by atoms with Gasteiger partial charge in [0.25, 0.3) is 0 Å². The zero-order chi connectivity index (χ0) is 17.3. The number of aromatic nitrogens is 4. The predicted octanol–water partition coefficient (Wildman–Crippen LogP) is 1.73. The Morgan fingerprint density at radius 3 is 2.74 bits per heavy atom. The van der Waals surface area contributed by atoms with Gasteiger partial charge in [-0.1, -0.05) is 11.6 Å². The molecule has 13 heteroatoms. The molecule has 23 heavy (non-hydrogen) atoms. The van der Waals surface area contributed by atoms with Crippen molar-refractivity contribution in [3.8, 4) is 11.7 Å². The Morgan fingerprint density at radius 1 is 1.57 bits per heavy atom. The number of halogens is 3. The molecule has 2 heterocycles. The first-order chi connectivity index (χ1) is 10.7. The van der Waals surface area contributed by atoms with E-state index in [-0.39, 0.29) is 16.7 Å². The zero-order valence-corrected chi connectivity index (χ0v) is 12.4. The number of carbonyl (C=O) groups is 1. The average Bonchev–Trinajstić information content (AvgIpc) is 2.94. The van der Waals surface area contributed by atoms with Gasteiger partial charge in [0.05, 0.1) is 4.92 Å². The summed E-state index contributed by atoms with van der Waals surface area (Å²) in [4.78, 5) is 21.4. The fourth-order valence-electron chi connectivity index (χ4n) is 1.73. The largest absolute Gasteiger partial charge is 0.415 e. The number of anilines is 1. The Morgan fingerprint density at radius 2 is 2.22 bits per heavy atom. The molecule has 0 spiro atoms. The summed E-state index contributed by atoms with van der Waals surface area (Å²) in [6.45, 7) is -2.01. The van der Waals surface area contributed by atoms with Gasteiger partial charge in [-0.25, -0.2) is 4.68 Å². The molecular weight excluding hydrogens is 342 g/mol. The predicted molar refractivity (Wildman–Crippen MR) is 72.9 cm³/mol. The first kappa shape index (κ1) is 16.6. The molecule has 0 atom stereocenters. The van der Waals surface area contributed by atoms with E-state index in [4.69, 9.17) is 11.6 Å². The number of amides is 1. The molecule has 1 N–H and O–H groups in total. The number of hydrogen-bond donors (Lipinski definition) is 1. The molecule has 0 aliphatic rings. The van der Waals surface area contributed by atoms with E-state index in [0.29, 0.717) is 0 Å². The minimum absolute atomic E-state index is 0.221. The van der Waals surface area contributed by atoms with E-state index < -0.39 is 29.0 Å². The van der Waals surface area contributed by atoms with E-state index in [2.05, 4.69) is 20.3 Å². The first-order valence-electron chi connectivity index (χ1n) is 5.90. The summed E-state index contributed by atoms with van der Waals surface area (Å²) in [7, 11) is 1.28. The summed E-state index contributed by atoms with van der Waals surface area (Å²) < 4.78 is 30.7. The lowest BCUT2D eigenvalue weighted by atomic mass is 10.5. The smallest absolute Gasteiger partial charge is 0.388 e. The van der Waals surface area contributed by atoms with Gasteiger partial charge in [-0.2, -0.15) is 18.6 Å². The first-order valence-corrected chi connectivity index (χ1v) is 6.27. The molecule has 0 aromatic carbocycles. The van der Waals surface area contributed by atoms with Gasteiger partial charge in [0.15, 0.2) is 5.82 Å². The van der Waals surface area contributed by atoms with Crippen LogP contribution in [0.4, 0.5) is 20.3 Å². The zero-order valence-electron chi connectivity index (χ0n) is 11.7. The molecule has 2 rings (SSSR count). The molecule has 124 valence electrons. The number of rotatable bonds is 5. The van der Waals surface area contributed by atoms with Crippen molar-refractivity contribution in [2.24, 2.45) is 7.05 Å². The topological polar surface area (TPSA) is 117 Å². The van der Waals surface area contributed by atoms with Gasteiger partial charge in [0, 0.05) is 14.0 Å². The summed E-state index contributed by atoms with van der Waals surface area (Å²) in [6, 6.07) is 0. The van der Waals surface area contributed by atoms with Crippen LogP contribution >= 0.6 is 11.6 Å². The van der Waals surface area contributed by atoms with E-state index in [9.17, 15) is 23.7 Å². The minimum atomic E-state index is -3.14. The maximum atomic E-state index is 12.4. The van der Waals surface area contributed by atoms with Crippen LogP contribution in [-0.4, -0.2) is 37.0 Å².